The van der Waals surface area contributed by atoms with E-state index in [1.165, 1.54) is 12.1 Å². The monoisotopic (exact) mass is 422 g/mol. The van der Waals surface area contributed by atoms with Gasteiger partial charge in [-0.25, -0.2) is 18.7 Å². The third kappa shape index (κ3) is 3.56. The summed E-state index contributed by atoms with van der Waals surface area (Å²) in [7, 11) is 0. The molecule has 3 aromatic rings. The Morgan fingerprint density at radius 3 is 2.52 bits per heavy atom. The van der Waals surface area contributed by atoms with Gasteiger partial charge >= 0.3 is 0 Å². The van der Waals surface area contributed by atoms with Gasteiger partial charge in [0, 0.05) is 17.2 Å². The molecule has 5 nitrogen and oxygen atoms in total. The van der Waals surface area contributed by atoms with Gasteiger partial charge in [0.15, 0.2) is 0 Å². The van der Waals surface area contributed by atoms with Crippen LogP contribution in [0.4, 0.5) is 14.6 Å². The summed E-state index contributed by atoms with van der Waals surface area (Å²) in [5, 5.41) is 3.93. The lowest BCUT2D eigenvalue weighted by molar-refractivity contribution is 0.150. The van der Waals surface area contributed by atoms with E-state index in [0.29, 0.717) is 33.8 Å². The van der Waals surface area contributed by atoms with E-state index in [1.807, 2.05) is 19.9 Å². The van der Waals surface area contributed by atoms with Crippen molar-refractivity contribution in [1.29, 1.82) is 0 Å². The number of hydrogen-bond donors (Lipinski definition) is 1. The average molecular weight is 422 g/mol. The molecule has 1 aliphatic carbocycles. The second-order valence-electron chi connectivity index (χ2n) is 8.42. The zero-order valence-electron chi connectivity index (χ0n) is 18.0. The van der Waals surface area contributed by atoms with Crippen LogP contribution in [0.3, 0.4) is 0 Å². The molecule has 2 aromatic heterocycles. The summed E-state index contributed by atoms with van der Waals surface area (Å²) in [5.41, 5.74) is 1.71. The third-order valence-corrected chi connectivity index (χ3v) is 6.11. The van der Waals surface area contributed by atoms with Crippen LogP contribution in [0.15, 0.2) is 29.1 Å². The van der Waals surface area contributed by atoms with E-state index in [2.05, 4.69) is 21.2 Å². The molecule has 0 saturated heterocycles. The maximum atomic E-state index is 13.4. The summed E-state index contributed by atoms with van der Waals surface area (Å²) >= 11 is 0. The number of fused-ring (bicyclic) bond motifs is 1. The number of halogens is 2. The number of terminal acetylenes is 1. The molecule has 31 heavy (non-hydrogen) atoms. The van der Waals surface area contributed by atoms with Gasteiger partial charge in [-0.2, -0.15) is 0 Å². The predicted octanol–water partition coefficient (Wildman–Crippen LogP) is 5.01. The number of alkyl halides is 2. The maximum Gasteiger partial charge on any atom is 0.264 e. The Kier molecular flexibility index (Phi) is 5.04. The molecular weight excluding hydrogens is 398 g/mol. The zero-order valence-corrected chi connectivity index (χ0v) is 18.0. The van der Waals surface area contributed by atoms with Crippen molar-refractivity contribution in [2.45, 2.75) is 58.5 Å². The lowest BCUT2D eigenvalue weighted by Gasteiger charge is -2.22. The Morgan fingerprint density at radius 2 is 1.90 bits per heavy atom. The average Bonchev–Trinajstić information content (AvgIpc) is 3.44. The van der Waals surface area contributed by atoms with Gasteiger partial charge < -0.3 is 5.32 Å². The van der Waals surface area contributed by atoms with Gasteiger partial charge in [-0.15, -0.1) is 6.42 Å². The Labute approximate surface area is 179 Å². The SMILES string of the molecule is C#Cc1c2c(N[C@H](C)c3cccc(C(F)F)c3C)nc(C)nc2cc(=O)n1C1(C)CC1. The molecule has 1 saturated carbocycles. The molecule has 0 aliphatic heterocycles. The molecule has 160 valence electrons. The Hall–Kier alpha value is -3.27. The van der Waals surface area contributed by atoms with Crippen LogP contribution >= 0.6 is 0 Å². The number of benzene rings is 1. The molecule has 0 radical (unpaired) electrons. The quantitative estimate of drug-likeness (QED) is 0.587. The van der Waals surface area contributed by atoms with Crippen LogP contribution in [0.2, 0.25) is 0 Å². The van der Waals surface area contributed by atoms with Crippen molar-refractivity contribution >= 4 is 16.7 Å². The van der Waals surface area contributed by atoms with Crippen molar-refractivity contribution in [2.75, 3.05) is 5.32 Å². The maximum absolute atomic E-state index is 13.4. The van der Waals surface area contributed by atoms with Gasteiger partial charge in [-0.3, -0.25) is 9.36 Å². The van der Waals surface area contributed by atoms with Gasteiger partial charge in [-0.05, 0) is 51.7 Å². The molecule has 4 rings (SSSR count). The fourth-order valence-corrected chi connectivity index (χ4v) is 4.18. The predicted molar refractivity (Wildman–Crippen MR) is 118 cm³/mol. The van der Waals surface area contributed by atoms with Crippen LogP contribution in [-0.4, -0.2) is 14.5 Å². The summed E-state index contributed by atoms with van der Waals surface area (Å²) in [6.07, 6.45) is 5.06. The van der Waals surface area contributed by atoms with E-state index in [9.17, 15) is 13.6 Å². The van der Waals surface area contributed by atoms with Crippen LogP contribution in [0.1, 0.15) is 67.4 Å². The molecule has 0 amide bonds. The first-order valence-corrected chi connectivity index (χ1v) is 10.2. The van der Waals surface area contributed by atoms with Crippen molar-refractivity contribution in [3.63, 3.8) is 0 Å². The third-order valence-electron chi connectivity index (χ3n) is 6.11. The molecule has 1 atom stereocenters. The second kappa shape index (κ2) is 7.45. The lowest BCUT2D eigenvalue weighted by atomic mass is 9.97. The highest BCUT2D eigenvalue weighted by molar-refractivity contribution is 5.93. The summed E-state index contributed by atoms with van der Waals surface area (Å²) < 4.78 is 28.4. The fourth-order valence-electron chi connectivity index (χ4n) is 4.18. The smallest absolute Gasteiger partial charge is 0.264 e. The van der Waals surface area contributed by atoms with Crippen molar-refractivity contribution in [3.05, 3.63) is 62.8 Å². The first-order chi connectivity index (χ1) is 14.7. The van der Waals surface area contributed by atoms with Gasteiger partial charge in [-0.1, -0.05) is 24.1 Å². The summed E-state index contributed by atoms with van der Waals surface area (Å²) in [4.78, 5) is 21.8. The number of aryl methyl sites for hydroxylation is 1. The van der Waals surface area contributed by atoms with Crippen molar-refractivity contribution in [1.82, 2.24) is 14.5 Å². The van der Waals surface area contributed by atoms with Gasteiger partial charge in [0.25, 0.3) is 12.0 Å². The molecular formula is C24H24F2N4O. The molecule has 0 bridgehead atoms. The van der Waals surface area contributed by atoms with Crippen molar-refractivity contribution < 1.29 is 8.78 Å². The van der Waals surface area contributed by atoms with Crippen LogP contribution in [-0.2, 0) is 5.54 Å². The Morgan fingerprint density at radius 1 is 1.23 bits per heavy atom. The number of rotatable bonds is 5. The minimum absolute atomic E-state index is 0.00897. The zero-order chi connectivity index (χ0) is 22.5. The number of nitrogens with one attached hydrogen (secondary N) is 1. The van der Waals surface area contributed by atoms with Crippen molar-refractivity contribution in [2.24, 2.45) is 0 Å². The van der Waals surface area contributed by atoms with E-state index in [4.69, 9.17) is 6.42 Å². The molecule has 2 heterocycles. The van der Waals surface area contributed by atoms with Crippen LogP contribution in [0.5, 0.6) is 0 Å². The second-order valence-corrected chi connectivity index (χ2v) is 8.42. The van der Waals surface area contributed by atoms with Crippen LogP contribution in [0, 0.1) is 26.2 Å². The highest BCUT2D eigenvalue weighted by Crippen LogP contribution is 2.43. The van der Waals surface area contributed by atoms with E-state index in [0.717, 1.165) is 18.4 Å². The molecule has 0 spiro atoms. The lowest BCUT2D eigenvalue weighted by Crippen LogP contribution is -2.30. The number of aromatic nitrogens is 3. The normalized spacial score (nSPS) is 15.7. The van der Waals surface area contributed by atoms with E-state index < -0.39 is 6.43 Å². The summed E-state index contributed by atoms with van der Waals surface area (Å²) in [6.45, 7) is 7.32. The molecule has 1 fully saturated rings. The first kappa shape index (κ1) is 21.0. The Balaban J connectivity index is 1.88. The molecule has 1 aromatic carbocycles. The minimum atomic E-state index is -2.55. The van der Waals surface area contributed by atoms with E-state index in [1.54, 1.807) is 24.5 Å². The fraction of sp³-hybridized carbons (Fsp3) is 0.375. The standard InChI is InChI=1S/C24H24F2N4O/c1-6-19-21-18(12-20(31)30(19)24(5)10-11-24)28-15(4)29-23(21)27-14(3)16-8-7-9-17(13(16)2)22(25)26/h1,7-9,12,14,22H,10-11H2,2-5H3,(H,27,28,29)/t14-/m1/s1. The molecule has 1 aliphatic rings. The summed E-state index contributed by atoms with van der Waals surface area (Å²) in [5.74, 6) is 3.65. The first-order valence-electron chi connectivity index (χ1n) is 10.2. The van der Waals surface area contributed by atoms with Crippen molar-refractivity contribution in [3.8, 4) is 12.3 Å². The van der Waals surface area contributed by atoms with Gasteiger partial charge in [0.1, 0.15) is 17.3 Å². The van der Waals surface area contributed by atoms with Crippen LogP contribution < -0.4 is 10.9 Å². The van der Waals surface area contributed by atoms with E-state index >= 15 is 0 Å². The Bertz CT molecular complexity index is 1290. The topological polar surface area (TPSA) is 59.8 Å². The van der Waals surface area contributed by atoms with Crippen LogP contribution in [0.25, 0.3) is 10.9 Å². The molecule has 1 N–H and O–H groups in total. The largest absolute Gasteiger partial charge is 0.363 e. The number of hydrogen-bond acceptors (Lipinski definition) is 4. The summed E-state index contributed by atoms with van der Waals surface area (Å²) in [6, 6.07) is 6.06. The highest BCUT2D eigenvalue weighted by Gasteiger charge is 2.42. The minimum Gasteiger partial charge on any atom is -0.363 e. The molecule has 7 heteroatoms. The van der Waals surface area contributed by atoms with E-state index in [-0.39, 0.29) is 22.7 Å². The highest BCUT2D eigenvalue weighted by atomic mass is 19.3. The number of nitrogens with zero attached hydrogens (tertiary/aromatic N) is 3. The van der Waals surface area contributed by atoms with Gasteiger partial charge in [0.05, 0.1) is 16.9 Å². The molecule has 0 unspecified atom stereocenters. The van der Waals surface area contributed by atoms with Gasteiger partial charge in [0.2, 0.25) is 0 Å². The number of anilines is 1. The number of pyridine rings is 1.